The molecule has 1 aliphatic heterocycles. The quantitative estimate of drug-likeness (QED) is 0.554. The first kappa shape index (κ1) is 15.7. The van der Waals surface area contributed by atoms with E-state index < -0.39 is 11.2 Å². The Kier molecular flexibility index (Phi) is 3.36. The van der Waals surface area contributed by atoms with Gasteiger partial charge in [-0.15, -0.1) is 0 Å². The molecule has 1 unspecified atom stereocenters. The van der Waals surface area contributed by atoms with Gasteiger partial charge in [-0.3, -0.25) is 13.9 Å². The Morgan fingerprint density at radius 3 is 2.68 bits per heavy atom. The number of hydrogen-bond acceptors (Lipinski definition) is 3. The molecule has 4 rings (SSSR count). The van der Waals surface area contributed by atoms with Crippen LogP contribution in [0.5, 0.6) is 5.88 Å². The van der Waals surface area contributed by atoms with Gasteiger partial charge in [0.2, 0.25) is 5.88 Å². The molecule has 2 aromatic heterocycles. The molecule has 1 aliphatic rings. The molecule has 0 fully saturated rings. The molecule has 0 aliphatic carbocycles. The van der Waals surface area contributed by atoms with Gasteiger partial charge in [0.1, 0.15) is 5.56 Å². The summed E-state index contributed by atoms with van der Waals surface area (Å²) in [5.74, 6) is -0.260. The lowest BCUT2D eigenvalue weighted by Gasteiger charge is -2.30. The van der Waals surface area contributed by atoms with Gasteiger partial charge in [-0.2, -0.15) is 0 Å². The largest absolute Gasteiger partial charge is 0.494 e. The maximum Gasteiger partial charge on any atom is 0.333 e. The fraction of sp³-hybridized carbons (Fsp3) is 0.333. The molecule has 130 valence electrons. The molecule has 1 aromatic carbocycles. The number of nitrogens with one attached hydrogen (secondary N) is 2. The Morgan fingerprint density at radius 1 is 1.20 bits per heavy atom. The first-order valence-electron chi connectivity index (χ1n) is 8.32. The summed E-state index contributed by atoms with van der Waals surface area (Å²) in [6.07, 6.45) is 0.897. The summed E-state index contributed by atoms with van der Waals surface area (Å²) in [5.41, 5.74) is 2.42. The van der Waals surface area contributed by atoms with E-state index in [1.54, 1.807) is 0 Å². The highest BCUT2D eigenvalue weighted by molar-refractivity contribution is 5.85. The molecule has 25 heavy (non-hydrogen) atoms. The summed E-state index contributed by atoms with van der Waals surface area (Å²) in [6, 6.07) is 7.71. The van der Waals surface area contributed by atoms with E-state index in [2.05, 4.69) is 11.1 Å². The van der Waals surface area contributed by atoms with Crippen molar-refractivity contribution >= 4 is 10.9 Å². The van der Waals surface area contributed by atoms with Crippen molar-refractivity contribution in [1.29, 1.82) is 0 Å². The molecule has 7 heteroatoms. The molecular formula is C18H21N4O3+. The number of H-pyrrole nitrogens is 1. The second kappa shape index (κ2) is 5.35. The lowest BCUT2D eigenvalue weighted by atomic mass is 9.94. The Labute approximate surface area is 143 Å². The maximum absolute atomic E-state index is 12.8. The van der Waals surface area contributed by atoms with Gasteiger partial charge in [0.15, 0.2) is 6.04 Å². The number of quaternary nitrogens is 1. The standard InChI is InChI=1S/C18H20N4O3/c1-20-9-8-11-10-6-4-5-7-12(10)19-14(11)15(20)13-16(23)21(2)18(25)22(3)17(13)24/h4-7,15,19,23H,8-9H2,1-3H3/p+1/t15-/m1/s1. The Morgan fingerprint density at radius 2 is 1.92 bits per heavy atom. The van der Waals surface area contributed by atoms with Crippen LogP contribution >= 0.6 is 0 Å². The molecule has 3 heterocycles. The number of hydrogen-bond donors (Lipinski definition) is 3. The van der Waals surface area contributed by atoms with E-state index in [4.69, 9.17) is 0 Å². The molecule has 7 nitrogen and oxygen atoms in total. The van der Waals surface area contributed by atoms with E-state index in [1.165, 1.54) is 19.7 Å². The van der Waals surface area contributed by atoms with Gasteiger partial charge in [-0.05, 0) is 11.6 Å². The number of aromatic amines is 1. The summed E-state index contributed by atoms with van der Waals surface area (Å²) < 4.78 is 2.18. The highest BCUT2D eigenvalue weighted by Crippen LogP contribution is 2.32. The van der Waals surface area contributed by atoms with Crippen LogP contribution in [0, 0.1) is 0 Å². The van der Waals surface area contributed by atoms with E-state index in [0.717, 1.165) is 43.6 Å². The first-order valence-corrected chi connectivity index (χ1v) is 8.32. The smallest absolute Gasteiger partial charge is 0.333 e. The van der Waals surface area contributed by atoms with Crippen molar-refractivity contribution in [3.8, 4) is 5.88 Å². The van der Waals surface area contributed by atoms with Crippen LogP contribution in [0.15, 0.2) is 33.9 Å². The zero-order chi connectivity index (χ0) is 17.9. The molecule has 0 radical (unpaired) electrons. The maximum atomic E-state index is 12.8. The summed E-state index contributed by atoms with van der Waals surface area (Å²) in [4.78, 5) is 29.4. The van der Waals surface area contributed by atoms with Crippen molar-refractivity contribution in [2.24, 2.45) is 14.1 Å². The molecule has 3 aromatic rings. The molecular weight excluding hydrogens is 320 g/mol. The fourth-order valence-corrected chi connectivity index (χ4v) is 3.95. The number of rotatable bonds is 1. The number of nitrogens with zero attached hydrogens (tertiary/aromatic N) is 2. The normalized spacial score (nSPS) is 20.0. The van der Waals surface area contributed by atoms with Crippen LogP contribution < -0.4 is 16.1 Å². The molecule has 0 saturated carbocycles. The van der Waals surface area contributed by atoms with Crippen LogP contribution in [-0.2, 0) is 20.5 Å². The van der Waals surface area contributed by atoms with E-state index in [9.17, 15) is 14.7 Å². The molecule has 0 bridgehead atoms. The number of likely N-dealkylation sites (N-methyl/N-ethyl adjacent to an activating group) is 1. The van der Waals surface area contributed by atoms with Crippen molar-refractivity contribution in [3.05, 3.63) is 61.9 Å². The van der Waals surface area contributed by atoms with Crippen molar-refractivity contribution in [2.75, 3.05) is 13.6 Å². The number of aromatic nitrogens is 3. The minimum atomic E-state index is -0.531. The van der Waals surface area contributed by atoms with E-state index in [-0.39, 0.29) is 17.5 Å². The number of benzene rings is 1. The number of para-hydroxylation sites is 1. The van der Waals surface area contributed by atoms with Crippen molar-refractivity contribution in [2.45, 2.75) is 12.5 Å². The van der Waals surface area contributed by atoms with Gasteiger partial charge < -0.3 is 15.0 Å². The van der Waals surface area contributed by atoms with E-state index in [1.807, 2.05) is 25.2 Å². The average molecular weight is 341 g/mol. The van der Waals surface area contributed by atoms with Crippen LogP contribution in [0.4, 0.5) is 0 Å². The van der Waals surface area contributed by atoms with E-state index >= 15 is 0 Å². The third-order valence-electron chi connectivity index (χ3n) is 5.35. The summed E-state index contributed by atoms with van der Waals surface area (Å²) in [6.45, 7) is 0.838. The van der Waals surface area contributed by atoms with Gasteiger partial charge in [0.25, 0.3) is 5.56 Å². The first-order chi connectivity index (χ1) is 11.9. The van der Waals surface area contributed by atoms with Gasteiger partial charge in [-0.25, -0.2) is 4.79 Å². The van der Waals surface area contributed by atoms with Crippen molar-refractivity contribution < 1.29 is 10.0 Å². The van der Waals surface area contributed by atoms with Crippen LogP contribution in [-0.4, -0.2) is 32.8 Å². The average Bonchev–Trinajstić information content (AvgIpc) is 2.99. The Hall–Kier alpha value is -2.80. The molecule has 0 amide bonds. The van der Waals surface area contributed by atoms with Crippen LogP contribution in [0.25, 0.3) is 10.9 Å². The third kappa shape index (κ3) is 2.09. The van der Waals surface area contributed by atoms with Gasteiger partial charge in [0, 0.05) is 31.4 Å². The fourth-order valence-electron chi connectivity index (χ4n) is 3.95. The van der Waals surface area contributed by atoms with Crippen LogP contribution in [0.2, 0.25) is 0 Å². The topological polar surface area (TPSA) is 84.5 Å². The predicted molar refractivity (Wildman–Crippen MR) is 94.2 cm³/mol. The lowest BCUT2D eigenvalue weighted by molar-refractivity contribution is -0.908. The second-order valence-electron chi connectivity index (χ2n) is 6.79. The Balaban J connectivity index is 2.05. The Bertz CT molecular complexity index is 1110. The number of aromatic hydroxyl groups is 1. The molecule has 0 spiro atoms. The van der Waals surface area contributed by atoms with Gasteiger partial charge >= 0.3 is 5.69 Å². The minimum absolute atomic E-state index is 0.259. The van der Waals surface area contributed by atoms with E-state index in [0.29, 0.717) is 0 Å². The molecule has 3 N–H and O–H groups in total. The predicted octanol–water partition coefficient (Wildman–Crippen LogP) is -0.569. The summed E-state index contributed by atoms with van der Waals surface area (Å²) in [7, 11) is 4.92. The van der Waals surface area contributed by atoms with Gasteiger partial charge in [0.05, 0.1) is 19.3 Å². The molecule has 2 atom stereocenters. The molecule has 0 saturated heterocycles. The SMILES string of the molecule is Cn1c(O)c([C@@H]2c3[nH]c4ccccc4c3CC[NH+]2C)c(=O)n(C)c1=O. The van der Waals surface area contributed by atoms with Gasteiger partial charge in [-0.1, -0.05) is 18.2 Å². The van der Waals surface area contributed by atoms with Crippen LogP contribution in [0.3, 0.4) is 0 Å². The zero-order valence-electron chi connectivity index (χ0n) is 14.5. The summed E-state index contributed by atoms with van der Waals surface area (Å²) in [5, 5.41) is 11.7. The van der Waals surface area contributed by atoms with Crippen LogP contribution in [0.1, 0.15) is 22.9 Å². The number of fused-ring (bicyclic) bond motifs is 3. The summed E-state index contributed by atoms with van der Waals surface area (Å²) >= 11 is 0. The monoisotopic (exact) mass is 341 g/mol. The van der Waals surface area contributed by atoms with Crippen molar-refractivity contribution in [1.82, 2.24) is 14.1 Å². The second-order valence-corrected chi connectivity index (χ2v) is 6.79. The lowest BCUT2D eigenvalue weighted by Crippen LogP contribution is -3.10. The third-order valence-corrected chi connectivity index (χ3v) is 5.35. The highest BCUT2D eigenvalue weighted by Gasteiger charge is 2.37. The minimum Gasteiger partial charge on any atom is -0.494 e. The van der Waals surface area contributed by atoms with Crippen molar-refractivity contribution in [3.63, 3.8) is 0 Å². The highest BCUT2D eigenvalue weighted by atomic mass is 16.3. The zero-order valence-corrected chi connectivity index (χ0v) is 14.5.